The highest BCUT2D eigenvalue weighted by Gasteiger charge is 1.98. The van der Waals surface area contributed by atoms with Gasteiger partial charge in [0.2, 0.25) is 0 Å². The molecule has 2 rings (SSSR count). The van der Waals surface area contributed by atoms with E-state index in [4.69, 9.17) is 26.8 Å². The lowest BCUT2D eigenvalue weighted by Crippen LogP contribution is -2.00. The van der Waals surface area contributed by atoms with E-state index in [0.717, 1.165) is 0 Å². The van der Waals surface area contributed by atoms with Gasteiger partial charge in [0.15, 0.2) is 0 Å². The summed E-state index contributed by atoms with van der Waals surface area (Å²) in [5, 5.41) is 28.9. The second-order valence-electron chi connectivity index (χ2n) is 3.67. The van der Waals surface area contributed by atoms with E-state index >= 15 is 0 Å². The van der Waals surface area contributed by atoms with Crippen molar-refractivity contribution in [2.45, 2.75) is 0 Å². The topological polar surface area (TPSA) is 125 Å². The molecule has 6 nitrogen and oxygen atoms in total. The van der Waals surface area contributed by atoms with Gasteiger partial charge in [0.05, 0.1) is 11.4 Å². The van der Waals surface area contributed by atoms with Gasteiger partial charge < -0.3 is 32.1 Å². The molecule has 0 unspecified atom stereocenters. The van der Waals surface area contributed by atoms with Crippen LogP contribution < -0.4 is 16.8 Å². The fourth-order valence-electron chi connectivity index (χ4n) is 1.27. The van der Waals surface area contributed by atoms with Gasteiger partial charge in [-0.25, -0.2) is 0 Å². The third-order valence-corrected chi connectivity index (χ3v) is 2.23. The minimum atomic E-state index is -0.225. The van der Waals surface area contributed by atoms with Gasteiger partial charge >= 0.3 is 0 Å². The molecule has 0 atom stereocenters. The van der Waals surface area contributed by atoms with Crippen LogP contribution in [0, 0.1) is 0 Å². The number of phenolic OH excluding ortho intramolecular Hbond substituents is 2. The molecule has 0 radical (unpaired) electrons. The van der Waals surface area contributed by atoms with E-state index in [1.165, 1.54) is 6.07 Å². The highest BCUT2D eigenvalue weighted by molar-refractivity contribution is 5.62. The summed E-state index contributed by atoms with van der Waals surface area (Å²) in [7, 11) is 0. The predicted molar refractivity (Wildman–Crippen MR) is 75.7 cm³/mol. The Balaban J connectivity index is 0.000000200. The Labute approximate surface area is 110 Å². The Morgan fingerprint density at radius 2 is 1.63 bits per heavy atom. The summed E-state index contributed by atoms with van der Waals surface area (Å²) in [4.78, 5) is 0. The van der Waals surface area contributed by atoms with Gasteiger partial charge in [-0.3, -0.25) is 0 Å². The van der Waals surface area contributed by atoms with E-state index in [1.54, 1.807) is 36.4 Å². The zero-order valence-electron chi connectivity index (χ0n) is 10.2. The molecule has 0 aliphatic carbocycles. The van der Waals surface area contributed by atoms with Gasteiger partial charge in [-0.1, -0.05) is 12.1 Å². The van der Waals surface area contributed by atoms with Crippen LogP contribution in [0.25, 0.3) is 0 Å². The van der Waals surface area contributed by atoms with E-state index < -0.39 is 0 Å². The van der Waals surface area contributed by atoms with Crippen molar-refractivity contribution < 1.29 is 15.3 Å². The van der Waals surface area contributed by atoms with Crippen molar-refractivity contribution in [3.63, 3.8) is 0 Å². The Morgan fingerprint density at radius 1 is 0.947 bits per heavy atom. The van der Waals surface area contributed by atoms with Crippen molar-refractivity contribution in [2.75, 3.05) is 23.5 Å². The van der Waals surface area contributed by atoms with Crippen LogP contribution in [0.3, 0.4) is 0 Å². The maximum atomic E-state index is 9.14. The van der Waals surface area contributed by atoms with Crippen LogP contribution in [0.2, 0.25) is 0 Å². The van der Waals surface area contributed by atoms with E-state index in [1.807, 2.05) is 0 Å². The number of benzene rings is 2. The standard InChI is InChI=1S/C7H10N2O2.C6H7NO/c8-5-1-2-7(11)6(3-5)9-4-10;7-5-3-1-2-4-6(5)8/h1-3,9-11H,4,8H2;1-4,8H,7H2. The number of hydrogen-bond acceptors (Lipinski definition) is 6. The van der Waals surface area contributed by atoms with E-state index in [-0.39, 0.29) is 18.2 Å². The number of nitrogens with two attached hydrogens (primary N) is 2. The quantitative estimate of drug-likeness (QED) is 0.210. The molecular weight excluding hydrogens is 246 g/mol. The average Bonchev–Trinajstić information content (AvgIpc) is 2.39. The lowest BCUT2D eigenvalue weighted by Gasteiger charge is -2.05. The van der Waals surface area contributed by atoms with Gasteiger partial charge in [0.1, 0.15) is 18.2 Å². The van der Waals surface area contributed by atoms with Crippen molar-refractivity contribution in [2.24, 2.45) is 0 Å². The molecule has 2 aromatic rings. The molecule has 0 fully saturated rings. The Morgan fingerprint density at radius 3 is 2.16 bits per heavy atom. The van der Waals surface area contributed by atoms with E-state index in [2.05, 4.69) is 5.32 Å². The normalized spacial score (nSPS) is 9.32. The molecule has 8 N–H and O–H groups in total. The fourth-order valence-corrected chi connectivity index (χ4v) is 1.27. The van der Waals surface area contributed by atoms with Crippen LogP contribution in [0.1, 0.15) is 0 Å². The zero-order valence-corrected chi connectivity index (χ0v) is 10.2. The smallest absolute Gasteiger partial charge is 0.138 e. The number of para-hydroxylation sites is 2. The summed E-state index contributed by atoms with van der Waals surface area (Å²) in [5.74, 6) is 0.223. The summed E-state index contributed by atoms with van der Waals surface area (Å²) >= 11 is 0. The van der Waals surface area contributed by atoms with Gasteiger partial charge in [-0.2, -0.15) is 0 Å². The van der Waals surface area contributed by atoms with Crippen LogP contribution >= 0.6 is 0 Å². The minimum Gasteiger partial charge on any atom is -0.506 e. The van der Waals surface area contributed by atoms with Crippen LogP contribution in [0.4, 0.5) is 17.1 Å². The number of rotatable bonds is 2. The minimum absolute atomic E-state index is 0.0771. The lowest BCUT2D eigenvalue weighted by atomic mass is 10.2. The molecule has 0 saturated carbocycles. The highest BCUT2D eigenvalue weighted by atomic mass is 16.3. The second kappa shape index (κ2) is 6.97. The van der Waals surface area contributed by atoms with Crippen molar-refractivity contribution in [1.82, 2.24) is 0 Å². The number of anilines is 3. The molecule has 0 aliphatic heterocycles. The molecule has 0 heterocycles. The van der Waals surface area contributed by atoms with Crippen LogP contribution in [0.5, 0.6) is 11.5 Å². The third kappa shape index (κ3) is 4.64. The molecule has 2 aromatic carbocycles. The first kappa shape index (κ1) is 14.5. The maximum Gasteiger partial charge on any atom is 0.138 e. The Hall–Kier alpha value is -2.60. The van der Waals surface area contributed by atoms with E-state index in [9.17, 15) is 0 Å². The molecule has 0 spiro atoms. The monoisotopic (exact) mass is 263 g/mol. The molecular formula is C13H17N3O3. The number of aromatic hydroxyl groups is 2. The largest absolute Gasteiger partial charge is 0.506 e. The summed E-state index contributed by atoms with van der Waals surface area (Å²) in [6.45, 7) is -0.225. The Kier molecular flexibility index (Phi) is 5.31. The van der Waals surface area contributed by atoms with E-state index in [0.29, 0.717) is 17.1 Å². The van der Waals surface area contributed by atoms with Gasteiger partial charge in [0, 0.05) is 5.69 Å². The van der Waals surface area contributed by atoms with Crippen molar-refractivity contribution in [1.29, 1.82) is 0 Å². The first-order valence-electron chi connectivity index (χ1n) is 5.51. The number of nitrogen functional groups attached to an aromatic ring is 2. The van der Waals surface area contributed by atoms with Crippen molar-refractivity contribution in [3.8, 4) is 11.5 Å². The zero-order chi connectivity index (χ0) is 14.3. The summed E-state index contributed by atoms with van der Waals surface area (Å²) in [5.41, 5.74) is 12.1. The van der Waals surface area contributed by atoms with Crippen molar-refractivity contribution >= 4 is 17.1 Å². The molecule has 6 heteroatoms. The van der Waals surface area contributed by atoms with Crippen molar-refractivity contribution in [3.05, 3.63) is 42.5 Å². The maximum absolute atomic E-state index is 9.14. The molecule has 0 aliphatic rings. The molecule has 0 saturated heterocycles. The number of aliphatic hydroxyl groups excluding tert-OH is 1. The first-order valence-corrected chi connectivity index (χ1v) is 5.51. The molecule has 0 amide bonds. The highest BCUT2D eigenvalue weighted by Crippen LogP contribution is 2.24. The lowest BCUT2D eigenvalue weighted by molar-refractivity contribution is 0.324. The predicted octanol–water partition coefficient (Wildman–Crippen LogP) is 1.31. The van der Waals surface area contributed by atoms with Gasteiger partial charge in [0.25, 0.3) is 0 Å². The number of nitrogens with one attached hydrogen (secondary N) is 1. The van der Waals surface area contributed by atoms with Gasteiger partial charge in [-0.15, -0.1) is 0 Å². The molecule has 102 valence electrons. The summed E-state index contributed by atoms with van der Waals surface area (Å²) < 4.78 is 0. The first-order chi connectivity index (χ1) is 9.04. The van der Waals surface area contributed by atoms with Gasteiger partial charge in [-0.05, 0) is 30.3 Å². The molecule has 19 heavy (non-hydrogen) atoms. The third-order valence-electron chi connectivity index (χ3n) is 2.23. The number of aliphatic hydroxyl groups is 1. The second-order valence-corrected chi connectivity index (χ2v) is 3.67. The summed E-state index contributed by atoms with van der Waals surface area (Å²) in [6, 6.07) is 11.3. The molecule has 0 bridgehead atoms. The SMILES string of the molecule is Nc1ccc(O)c(NCO)c1.Nc1ccccc1O. The van der Waals surface area contributed by atoms with Crippen LogP contribution in [0.15, 0.2) is 42.5 Å². The number of hydrogen-bond donors (Lipinski definition) is 6. The summed E-state index contributed by atoms with van der Waals surface area (Å²) in [6.07, 6.45) is 0. The van der Waals surface area contributed by atoms with Crippen LogP contribution in [-0.4, -0.2) is 22.1 Å². The molecule has 0 aromatic heterocycles. The average molecular weight is 263 g/mol. The Bertz CT molecular complexity index is 511. The fraction of sp³-hybridized carbons (Fsp3) is 0.0769. The number of phenols is 2. The van der Waals surface area contributed by atoms with Crippen LogP contribution in [-0.2, 0) is 0 Å².